The lowest BCUT2D eigenvalue weighted by Crippen LogP contribution is -2.17. The van der Waals surface area contributed by atoms with Crippen LogP contribution in [0.2, 0.25) is 0 Å². The Labute approximate surface area is 154 Å². The molecule has 0 unspecified atom stereocenters. The van der Waals surface area contributed by atoms with Crippen molar-refractivity contribution in [1.82, 2.24) is 0 Å². The van der Waals surface area contributed by atoms with E-state index in [4.69, 9.17) is 44.3 Å². The summed E-state index contributed by atoms with van der Waals surface area (Å²) in [7, 11) is 0. The first kappa shape index (κ1) is 22.8. The van der Waals surface area contributed by atoms with Crippen LogP contribution in [0.3, 0.4) is 0 Å². The molecule has 7 heteroatoms. The van der Waals surface area contributed by atoms with E-state index in [2.05, 4.69) is 6.92 Å². The number of rotatable bonds is 13. The van der Waals surface area contributed by atoms with Crippen molar-refractivity contribution in [2.45, 2.75) is 74.9 Å². The molecular weight excluding hydrogens is 363 g/mol. The zero-order valence-corrected chi connectivity index (χ0v) is 16.0. The van der Waals surface area contributed by atoms with Crippen LogP contribution in [0.4, 0.5) is 0 Å². The smallest absolute Gasteiger partial charge is 0.305 e. The van der Waals surface area contributed by atoms with E-state index in [9.17, 15) is 9.59 Å². The summed E-state index contributed by atoms with van der Waals surface area (Å²) in [6, 6.07) is 0. The van der Waals surface area contributed by atoms with Crippen molar-refractivity contribution in [2.75, 3.05) is 13.2 Å². The molecule has 0 aromatic heterocycles. The zero-order chi connectivity index (χ0) is 17.6. The molecule has 0 aromatic rings. The van der Waals surface area contributed by atoms with Gasteiger partial charge < -0.3 is 9.47 Å². The molecule has 0 saturated carbocycles. The van der Waals surface area contributed by atoms with Gasteiger partial charge in [-0.25, -0.2) is 0 Å². The van der Waals surface area contributed by atoms with Gasteiger partial charge in [0.25, 0.3) is 0 Å². The number of hydrogen-bond acceptors (Lipinski definition) is 4. The summed E-state index contributed by atoms with van der Waals surface area (Å²) in [5.74, 6) is -0.777. The number of alkyl halides is 3. The van der Waals surface area contributed by atoms with Gasteiger partial charge in [0.15, 0.2) is 0 Å². The molecule has 0 amide bonds. The number of carbonyl (C=O) groups is 2. The van der Waals surface area contributed by atoms with Gasteiger partial charge in [-0.1, -0.05) is 80.3 Å². The summed E-state index contributed by atoms with van der Waals surface area (Å²) in [6.07, 6.45) is 8.90. The topological polar surface area (TPSA) is 52.6 Å². The molecule has 0 rings (SSSR count). The Morgan fingerprint density at radius 1 is 0.783 bits per heavy atom. The second kappa shape index (κ2) is 14.2. The number of esters is 2. The fourth-order valence-corrected chi connectivity index (χ4v) is 2.09. The molecule has 0 radical (unpaired) electrons. The molecule has 23 heavy (non-hydrogen) atoms. The van der Waals surface area contributed by atoms with Gasteiger partial charge in [-0.2, -0.15) is 0 Å². The zero-order valence-electron chi connectivity index (χ0n) is 13.8. The standard InChI is InChI=1S/C16H27Cl3O4/c1-2-3-4-5-6-7-8-12-22-14(20)10-9-11-15(21)23-13-16(17,18)19/h2-13H2,1H3. The highest BCUT2D eigenvalue weighted by Gasteiger charge is 2.22. The average molecular weight is 390 g/mol. The summed E-state index contributed by atoms with van der Waals surface area (Å²) < 4.78 is 8.26. The third-order valence-electron chi connectivity index (χ3n) is 3.17. The van der Waals surface area contributed by atoms with Gasteiger partial charge in [0.2, 0.25) is 3.79 Å². The van der Waals surface area contributed by atoms with Crippen LogP contribution in [0.5, 0.6) is 0 Å². The molecule has 0 aliphatic carbocycles. The molecule has 0 aliphatic heterocycles. The van der Waals surface area contributed by atoms with Crippen molar-refractivity contribution in [1.29, 1.82) is 0 Å². The molecule has 0 spiro atoms. The van der Waals surface area contributed by atoms with E-state index >= 15 is 0 Å². The van der Waals surface area contributed by atoms with E-state index < -0.39 is 9.76 Å². The van der Waals surface area contributed by atoms with Gasteiger partial charge in [0, 0.05) is 12.8 Å². The Kier molecular flexibility index (Phi) is 14.1. The largest absolute Gasteiger partial charge is 0.466 e. The molecule has 0 aromatic carbocycles. The lowest BCUT2D eigenvalue weighted by molar-refractivity contribution is -0.145. The van der Waals surface area contributed by atoms with E-state index in [-0.39, 0.29) is 25.4 Å². The summed E-state index contributed by atoms with van der Waals surface area (Å²) in [4.78, 5) is 22.8. The third-order valence-corrected chi connectivity index (χ3v) is 3.50. The molecule has 4 nitrogen and oxygen atoms in total. The van der Waals surface area contributed by atoms with Crippen molar-refractivity contribution in [3.8, 4) is 0 Å². The second-order valence-corrected chi connectivity index (χ2v) is 7.99. The predicted octanol–water partition coefficient (Wildman–Crippen LogP) is 5.36. The van der Waals surface area contributed by atoms with Crippen molar-refractivity contribution in [3.05, 3.63) is 0 Å². The number of hydrogen-bond donors (Lipinski definition) is 0. The normalized spacial score (nSPS) is 11.3. The van der Waals surface area contributed by atoms with E-state index in [0.717, 1.165) is 12.8 Å². The van der Waals surface area contributed by atoms with Gasteiger partial charge in [0.1, 0.15) is 6.61 Å². The molecule has 0 N–H and O–H groups in total. The van der Waals surface area contributed by atoms with Crippen molar-refractivity contribution in [2.24, 2.45) is 0 Å². The van der Waals surface area contributed by atoms with Gasteiger partial charge >= 0.3 is 11.9 Å². The molecule has 0 fully saturated rings. The Morgan fingerprint density at radius 2 is 1.30 bits per heavy atom. The van der Waals surface area contributed by atoms with Crippen molar-refractivity contribution in [3.63, 3.8) is 0 Å². The average Bonchev–Trinajstić information content (AvgIpc) is 2.47. The number of carbonyl (C=O) groups excluding carboxylic acids is 2. The molecule has 0 atom stereocenters. The monoisotopic (exact) mass is 388 g/mol. The summed E-state index contributed by atoms with van der Waals surface area (Å²) in [6.45, 7) is 2.35. The molecule has 0 bridgehead atoms. The highest BCUT2D eigenvalue weighted by molar-refractivity contribution is 6.67. The molecule has 0 heterocycles. The van der Waals surface area contributed by atoms with Crippen molar-refractivity contribution >= 4 is 46.7 Å². The van der Waals surface area contributed by atoms with Crippen LogP contribution < -0.4 is 0 Å². The first-order valence-corrected chi connectivity index (χ1v) is 9.36. The highest BCUT2D eigenvalue weighted by atomic mass is 35.6. The minimum atomic E-state index is -1.61. The lowest BCUT2D eigenvalue weighted by Gasteiger charge is -2.11. The maximum Gasteiger partial charge on any atom is 0.305 e. The van der Waals surface area contributed by atoms with Gasteiger partial charge in [-0.15, -0.1) is 0 Å². The molecule has 136 valence electrons. The van der Waals surface area contributed by atoms with Crippen LogP contribution in [0.15, 0.2) is 0 Å². The van der Waals surface area contributed by atoms with Crippen LogP contribution >= 0.6 is 34.8 Å². The fraction of sp³-hybridized carbons (Fsp3) is 0.875. The minimum absolute atomic E-state index is 0.104. The minimum Gasteiger partial charge on any atom is -0.466 e. The van der Waals surface area contributed by atoms with E-state index in [0.29, 0.717) is 13.0 Å². The van der Waals surface area contributed by atoms with Gasteiger partial charge in [0.05, 0.1) is 6.61 Å². The maximum atomic E-state index is 11.5. The predicted molar refractivity (Wildman–Crippen MR) is 94.1 cm³/mol. The first-order valence-electron chi connectivity index (χ1n) is 8.23. The van der Waals surface area contributed by atoms with Crippen LogP contribution in [-0.4, -0.2) is 28.9 Å². The van der Waals surface area contributed by atoms with Crippen LogP contribution in [0.1, 0.15) is 71.1 Å². The van der Waals surface area contributed by atoms with E-state index in [1.165, 1.54) is 32.1 Å². The van der Waals surface area contributed by atoms with Crippen molar-refractivity contribution < 1.29 is 19.1 Å². The molecule has 0 aliphatic rings. The number of unbranched alkanes of at least 4 members (excludes halogenated alkanes) is 6. The first-order chi connectivity index (χ1) is 10.8. The summed E-state index contributed by atoms with van der Waals surface area (Å²) >= 11 is 16.4. The third kappa shape index (κ3) is 18.0. The quantitative estimate of drug-likeness (QED) is 0.241. The van der Waals surface area contributed by atoms with Gasteiger partial charge in [-0.05, 0) is 12.8 Å². The van der Waals surface area contributed by atoms with E-state index in [1.807, 2.05) is 0 Å². The van der Waals surface area contributed by atoms with E-state index in [1.54, 1.807) is 0 Å². The van der Waals surface area contributed by atoms with Crippen LogP contribution in [0, 0.1) is 0 Å². The second-order valence-electron chi connectivity index (χ2n) is 5.47. The highest BCUT2D eigenvalue weighted by Crippen LogP contribution is 2.26. The number of ether oxygens (including phenoxy) is 2. The Bertz CT molecular complexity index is 330. The van der Waals surface area contributed by atoms with Gasteiger partial charge in [-0.3, -0.25) is 9.59 Å². The Morgan fingerprint density at radius 3 is 1.87 bits per heavy atom. The maximum absolute atomic E-state index is 11.5. The van der Waals surface area contributed by atoms with Crippen LogP contribution in [0.25, 0.3) is 0 Å². The van der Waals surface area contributed by atoms with Crippen LogP contribution in [-0.2, 0) is 19.1 Å². The SMILES string of the molecule is CCCCCCCCCOC(=O)CCCC(=O)OCC(Cl)(Cl)Cl. The summed E-state index contributed by atoms with van der Waals surface area (Å²) in [5.41, 5.74) is 0. The fourth-order valence-electron chi connectivity index (χ4n) is 1.93. The Hall–Kier alpha value is -0.190. The summed E-state index contributed by atoms with van der Waals surface area (Å²) in [5, 5.41) is 0. The molecule has 0 saturated heterocycles. The Balaban J connectivity index is 3.42. The lowest BCUT2D eigenvalue weighted by atomic mass is 10.1. The number of halogens is 3. The molecular formula is C16H27Cl3O4.